The number of rotatable bonds is 14. The number of piperidine rings is 1. The lowest BCUT2D eigenvalue weighted by atomic mass is 9.80. The summed E-state index contributed by atoms with van der Waals surface area (Å²) in [5.74, 6) is 1.45. The van der Waals surface area contributed by atoms with Crippen LogP contribution in [0.15, 0.2) is 76.6 Å². The van der Waals surface area contributed by atoms with Crippen molar-refractivity contribution >= 4 is 21.8 Å². The first-order valence-electron chi connectivity index (χ1n) is 16.5. The Labute approximate surface area is 284 Å². The molecule has 0 radical (unpaired) electrons. The fourth-order valence-electron chi connectivity index (χ4n) is 6.70. The first-order valence-corrected chi connectivity index (χ1v) is 17.9. The number of ether oxygens (including phenoxy) is 4. The van der Waals surface area contributed by atoms with E-state index in [1.54, 1.807) is 48.9 Å². The normalized spacial score (nSPS) is 20.0. The molecule has 10 nitrogen and oxygen atoms in total. The third-order valence-corrected chi connectivity index (χ3v) is 11.2. The lowest BCUT2D eigenvalue weighted by molar-refractivity contribution is -0.0227. The van der Waals surface area contributed by atoms with Crippen molar-refractivity contribution in [2.45, 2.75) is 75.1 Å². The highest BCUT2D eigenvalue weighted by Crippen LogP contribution is 2.41. The maximum Gasteiger partial charge on any atom is 0.243 e. The number of nitrogens with zero attached hydrogens (tertiary/aromatic N) is 3. The zero-order valence-electron chi connectivity index (χ0n) is 28.6. The third-order valence-electron chi connectivity index (χ3n) is 9.22. The van der Waals surface area contributed by atoms with Crippen LogP contribution in [0, 0.1) is 6.92 Å². The number of anilines is 1. The Kier molecular flexibility index (Phi) is 11.6. The lowest BCUT2D eigenvalue weighted by Crippen LogP contribution is -2.53. The van der Waals surface area contributed by atoms with Crippen LogP contribution in [0.2, 0.25) is 0 Å². The van der Waals surface area contributed by atoms with E-state index in [-0.39, 0.29) is 17.4 Å². The van der Waals surface area contributed by atoms with Gasteiger partial charge in [-0.15, -0.1) is 0 Å². The Morgan fingerprint density at radius 2 is 1.79 bits per heavy atom. The molecular formula is C37H47N3O7S. The first-order chi connectivity index (χ1) is 23.0. The average molecular weight is 678 g/mol. The second kappa shape index (κ2) is 15.7. The summed E-state index contributed by atoms with van der Waals surface area (Å²) in [5, 5.41) is 0. The molecule has 0 N–H and O–H groups in total. The molecular weight excluding hydrogens is 630 g/mol. The van der Waals surface area contributed by atoms with Gasteiger partial charge in [-0.2, -0.15) is 9.30 Å². The summed E-state index contributed by atoms with van der Waals surface area (Å²) < 4.78 is 53.6. The van der Waals surface area contributed by atoms with Gasteiger partial charge in [0, 0.05) is 38.8 Å². The van der Waals surface area contributed by atoms with Crippen LogP contribution in [0.5, 0.6) is 11.5 Å². The standard InChI is InChI=1S/C37H47N3O7S/c1-27-7-14-32(15-8-27)48(42,43)40-24-36(47-25-28-9-16-35-34(21-28)39(18-20-46-35)17-6-19-44-4)33(29-10-12-31(45-5)13-11-29)22-30(40)23-37(2,3)38-26-41/h7-16,21,30,33,36H,6,17-20,22-25H2,1-5H3/t30-,33+,36-/m0/s1. The summed E-state index contributed by atoms with van der Waals surface area (Å²) in [5.41, 5.74) is 3.18. The molecule has 0 bridgehead atoms. The van der Waals surface area contributed by atoms with Gasteiger partial charge >= 0.3 is 0 Å². The van der Waals surface area contributed by atoms with E-state index in [2.05, 4.69) is 16.0 Å². The highest BCUT2D eigenvalue weighted by Gasteiger charge is 2.44. The molecule has 2 aliphatic rings. The highest BCUT2D eigenvalue weighted by molar-refractivity contribution is 7.89. The number of aliphatic imine (C=N–C) groups is 1. The molecule has 11 heteroatoms. The molecule has 1 saturated heterocycles. The summed E-state index contributed by atoms with van der Waals surface area (Å²) in [6.45, 7) is 8.98. The molecule has 0 amide bonds. The van der Waals surface area contributed by atoms with E-state index in [1.165, 1.54) is 0 Å². The van der Waals surface area contributed by atoms with Crippen molar-refractivity contribution in [1.82, 2.24) is 4.31 Å². The van der Waals surface area contributed by atoms with Crippen molar-refractivity contribution in [2.75, 3.05) is 52.0 Å². The third kappa shape index (κ3) is 8.46. The topological polar surface area (TPSA) is 107 Å². The van der Waals surface area contributed by atoms with Crippen molar-refractivity contribution < 1.29 is 32.2 Å². The van der Waals surface area contributed by atoms with Gasteiger partial charge in [-0.05, 0) is 87.6 Å². The van der Waals surface area contributed by atoms with Gasteiger partial charge in [0.25, 0.3) is 0 Å². The summed E-state index contributed by atoms with van der Waals surface area (Å²) in [4.78, 5) is 17.9. The smallest absolute Gasteiger partial charge is 0.243 e. The van der Waals surface area contributed by atoms with Crippen molar-refractivity contribution in [2.24, 2.45) is 4.99 Å². The quantitative estimate of drug-likeness (QED) is 0.118. The van der Waals surface area contributed by atoms with Gasteiger partial charge in [-0.1, -0.05) is 35.9 Å². The number of aryl methyl sites for hydroxylation is 1. The van der Waals surface area contributed by atoms with E-state index in [4.69, 9.17) is 18.9 Å². The Hall–Kier alpha value is -3.73. The predicted molar refractivity (Wildman–Crippen MR) is 185 cm³/mol. The van der Waals surface area contributed by atoms with E-state index < -0.39 is 27.7 Å². The van der Waals surface area contributed by atoms with Crippen molar-refractivity contribution in [3.63, 3.8) is 0 Å². The van der Waals surface area contributed by atoms with E-state index in [9.17, 15) is 13.2 Å². The summed E-state index contributed by atoms with van der Waals surface area (Å²) in [6.07, 6.45) is 2.95. The Morgan fingerprint density at radius 3 is 2.48 bits per heavy atom. The molecule has 0 saturated carbocycles. The van der Waals surface area contributed by atoms with Crippen LogP contribution in [0.3, 0.4) is 0 Å². The second-order valence-electron chi connectivity index (χ2n) is 13.2. The minimum absolute atomic E-state index is 0.132. The minimum Gasteiger partial charge on any atom is -0.497 e. The van der Waals surface area contributed by atoms with Gasteiger partial charge in [0.05, 0.1) is 42.5 Å². The number of sulfonamides is 1. The van der Waals surface area contributed by atoms with E-state index in [1.807, 2.05) is 57.2 Å². The van der Waals surface area contributed by atoms with Gasteiger partial charge in [0.1, 0.15) is 18.1 Å². The maximum absolute atomic E-state index is 14.3. The van der Waals surface area contributed by atoms with Crippen molar-refractivity contribution in [1.29, 1.82) is 0 Å². The molecule has 3 aromatic rings. The SMILES string of the molecule is COCCCN1CCOc2ccc(CO[C@H]3CN(S(=O)(=O)c4ccc(C)cc4)[C@H](CC(C)(C)N=C=O)C[C@@H]3c3ccc(OC)cc3)cc21. The van der Waals surface area contributed by atoms with Crippen LogP contribution in [-0.4, -0.2) is 83.6 Å². The Morgan fingerprint density at radius 1 is 1.04 bits per heavy atom. The molecule has 3 atom stereocenters. The van der Waals surface area contributed by atoms with Gasteiger partial charge in [0.15, 0.2) is 0 Å². The molecule has 258 valence electrons. The van der Waals surface area contributed by atoms with Gasteiger partial charge in [-0.25, -0.2) is 13.2 Å². The molecule has 0 aliphatic carbocycles. The maximum atomic E-state index is 14.3. The summed E-state index contributed by atoms with van der Waals surface area (Å²) in [6, 6.07) is 20.4. The van der Waals surface area contributed by atoms with Crippen LogP contribution < -0.4 is 14.4 Å². The number of hydrogen-bond acceptors (Lipinski definition) is 9. The molecule has 5 rings (SSSR count). The van der Waals surface area contributed by atoms with E-state index in [0.717, 1.165) is 53.4 Å². The number of methoxy groups -OCH3 is 2. The minimum atomic E-state index is -3.92. The fraction of sp³-hybridized carbons (Fsp3) is 0.486. The molecule has 3 aromatic carbocycles. The average Bonchev–Trinajstić information content (AvgIpc) is 3.07. The largest absolute Gasteiger partial charge is 0.497 e. The fourth-order valence-corrected chi connectivity index (χ4v) is 8.35. The Bertz CT molecular complexity index is 1670. The second-order valence-corrected chi connectivity index (χ2v) is 15.1. The molecule has 0 aromatic heterocycles. The first kappa shape index (κ1) is 35.6. The number of hydrogen-bond donors (Lipinski definition) is 0. The van der Waals surface area contributed by atoms with E-state index >= 15 is 0 Å². The van der Waals surface area contributed by atoms with Crippen molar-refractivity contribution in [3.8, 4) is 11.5 Å². The number of carbonyl (C=O) groups excluding carboxylic acids is 1. The molecule has 2 heterocycles. The summed E-state index contributed by atoms with van der Waals surface area (Å²) >= 11 is 0. The molecule has 1 fully saturated rings. The molecule has 0 spiro atoms. The number of benzene rings is 3. The lowest BCUT2D eigenvalue weighted by Gasteiger charge is -2.45. The van der Waals surface area contributed by atoms with Crippen LogP contribution >= 0.6 is 0 Å². The molecule has 2 aliphatic heterocycles. The van der Waals surface area contributed by atoms with Crippen LogP contribution in [0.4, 0.5) is 5.69 Å². The zero-order valence-corrected chi connectivity index (χ0v) is 29.4. The number of fused-ring (bicyclic) bond motifs is 1. The van der Waals surface area contributed by atoms with Crippen LogP contribution in [0.1, 0.15) is 55.7 Å². The monoisotopic (exact) mass is 677 g/mol. The van der Waals surface area contributed by atoms with E-state index in [0.29, 0.717) is 32.7 Å². The Balaban J connectivity index is 1.48. The number of isocyanates is 1. The predicted octanol–water partition coefficient (Wildman–Crippen LogP) is 5.88. The van der Waals surface area contributed by atoms with Gasteiger partial charge < -0.3 is 23.8 Å². The molecule has 48 heavy (non-hydrogen) atoms. The highest BCUT2D eigenvalue weighted by atomic mass is 32.2. The van der Waals surface area contributed by atoms with Crippen LogP contribution in [-0.2, 0) is 30.9 Å². The van der Waals surface area contributed by atoms with Gasteiger partial charge in [0.2, 0.25) is 16.1 Å². The van der Waals surface area contributed by atoms with Crippen LogP contribution in [0.25, 0.3) is 0 Å². The summed E-state index contributed by atoms with van der Waals surface area (Å²) in [7, 11) is -0.579. The van der Waals surface area contributed by atoms with Gasteiger partial charge in [-0.3, -0.25) is 0 Å². The zero-order chi connectivity index (χ0) is 34.3. The van der Waals surface area contributed by atoms with Crippen molar-refractivity contribution in [3.05, 3.63) is 83.4 Å². The molecule has 0 unspecified atom stereocenters.